The molecule has 2 N–H and O–H groups in total. The number of nitrogens with zero attached hydrogens (tertiary/aromatic N) is 1. The lowest BCUT2D eigenvalue weighted by atomic mass is 9.98. The summed E-state index contributed by atoms with van der Waals surface area (Å²) in [4.78, 5) is 25.3. The van der Waals surface area contributed by atoms with Gasteiger partial charge in [-0.3, -0.25) is 9.69 Å². The van der Waals surface area contributed by atoms with Crippen molar-refractivity contribution in [1.29, 1.82) is 0 Å². The van der Waals surface area contributed by atoms with Crippen LogP contribution in [0.3, 0.4) is 0 Å². The molecule has 0 saturated heterocycles. The maximum absolute atomic E-state index is 12.3. The molecule has 164 valence electrons. The molecule has 1 amide bonds. The van der Waals surface area contributed by atoms with E-state index in [4.69, 9.17) is 4.74 Å². The Morgan fingerprint density at radius 3 is 2.09 bits per heavy atom. The predicted molar refractivity (Wildman–Crippen MR) is 122 cm³/mol. The number of nitrogens with one attached hydrogen (secondary N) is 1. The van der Waals surface area contributed by atoms with Gasteiger partial charge in [0.2, 0.25) is 0 Å². The zero-order valence-corrected chi connectivity index (χ0v) is 17.7. The fourth-order valence-corrected chi connectivity index (χ4v) is 4.21. The van der Waals surface area contributed by atoms with Gasteiger partial charge in [-0.25, -0.2) is 4.79 Å². The molecule has 0 aliphatic heterocycles. The molecular weight excluding hydrogens is 404 g/mol. The molecule has 3 aromatic rings. The molecule has 1 aliphatic rings. The minimum atomic E-state index is -0.901. The molecule has 0 bridgehead atoms. The molecule has 32 heavy (non-hydrogen) atoms. The summed E-state index contributed by atoms with van der Waals surface area (Å²) in [6.07, 6.45) is -0.498. The van der Waals surface area contributed by atoms with Crippen LogP contribution in [0.1, 0.15) is 22.6 Å². The van der Waals surface area contributed by atoms with E-state index in [-0.39, 0.29) is 19.1 Å². The Balaban J connectivity index is 1.30. The average molecular weight is 431 g/mol. The van der Waals surface area contributed by atoms with Gasteiger partial charge in [0, 0.05) is 25.6 Å². The maximum atomic E-state index is 12.3. The SMILES string of the molecule is O=C(O)CN(CCNC(=O)OCC1c2ccccc2-c2ccccc21)Cc1ccccc1. The summed E-state index contributed by atoms with van der Waals surface area (Å²) in [6, 6.07) is 26.0. The topological polar surface area (TPSA) is 78.9 Å². The molecule has 1 aliphatic carbocycles. The number of fused-ring (bicyclic) bond motifs is 3. The van der Waals surface area contributed by atoms with Gasteiger partial charge in [0.15, 0.2) is 0 Å². The lowest BCUT2D eigenvalue weighted by molar-refractivity contribution is -0.138. The van der Waals surface area contributed by atoms with Gasteiger partial charge in [-0.05, 0) is 27.8 Å². The molecule has 0 atom stereocenters. The summed E-state index contributed by atoms with van der Waals surface area (Å²) in [5, 5.41) is 11.9. The first kappa shape index (κ1) is 21.6. The minimum absolute atomic E-state index is 0.00902. The normalized spacial score (nSPS) is 12.3. The van der Waals surface area contributed by atoms with Gasteiger partial charge >= 0.3 is 12.1 Å². The van der Waals surface area contributed by atoms with Gasteiger partial charge in [0.1, 0.15) is 6.61 Å². The standard InChI is InChI=1S/C26H26N2O4/c29-25(30)17-28(16-19-8-2-1-3-9-19)15-14-27-26(31)32-18-24-22-12-6-4-10-20(22)21-11-5-7-13-23(21)24/h1-13,24H,14-18H2,(H,27,31)(H,29,30). The molecule has 0 heterocycles. The van der Waals surface area contributed by atoms with Crippen molar-refractivity contribution >= 4 is 12.1 Å². The zero-order chi connectivity index (χ0) is 22.3. The summed E-state index contributed by atoms with van der Waals surface area (Å²) in [7, 11) is 0. The number of carboxylic acids is 1. The van der Waals surface area contributed by atoms with E-state index in [9.17, 15) is 14.7 Å². The molecule has 0 spiro atoms. The molecule has 6 heteroatoms. The molecule has 0 radical (unpaired) electrons. The van der Waals surface area contributed by atoms with Crippen molar-refractivity contribution in [1.82, 2.24) is 10.2 Å². The van der Waals surface area contributed by atoms with E-state index < -0.39 is 12.1 Å². The molecular formula is C26H26N2O4. The first-order valence-corrected chi connectivity index (χ1v) is 10.7. The second kappa shape index (κ2) is 10.1. The molecule has 0 saturated carbocycles. The number of hydrogen-bond acceptors (Lipinski definition) is 4. The van der Waals surface area contributed by atoms with Gasteiger partial charge in [-0.2, -0.15) is 0 Å². The van der Waals surface area contributed by atoms with Crippen LogP contribution >= 0.6 is 0 Å². The van der Waals surface area contributed by atoms with Crippen LogP contribution < -0.4 is 5.32 Å². The molecule has 4 rings (SSSR count). The van der Waals surface area contributed by atoms with E-state index in [0.717, 1.165) is 16.7 Å². The Morgan fingerprint density at radius 1 is 0.875 bits per heavy atom. The van der Waals surface area contributed by atoms with Gasteiger partial charge in [0.05, 0.1) is 6.54 Å². The number of rotatable bonds is 9. The highest BCUT2D eigenvalue weighted by Gasteiger charge is 2.28. The summed E-state index contributed by atoms with van der Waals surface area (Å²) in [5.41, 5.74) is 5.72. The number of hydrogen-bond donors (Lipinski definition) is 2. The molecule has 6 nitrogen and oxygen atoms in total. The number of alkyl carbamates (subject to hydrolysis) is 1. The smallest absolute Gasteiger partial charge is 0.407 e. The first-order valence-electron chi connectivity index (χ1n) is 10.7. The molecule has 0 unspecified atom stereocenters. The van der Waals surface area contributed by atoms with E-state index >= 15 is 0 Å². The monoisotopic (exact) mass is 430 g/mol. The lowest BCUT2D eigenvalue weighted by Crippen LogP contribution is -2.37. The fourth-order valence-electron chi connectivity index (χ4n) is 4.21. The number of carbonyl (C=O) groups is 2. The van der Waals surface area contributed by atoms with Crippen molar-refractivity contribution < 1.29 is 19.4 Å². The Kier molecular flexibility index (Phi) is 6.82. The third-order valence-electron chi connectivity index (χ3n) is 5.65. The van der Waals surface area contributed by atoms with Crippen molar-refractivity contribution in [2.45, 2.75) is 12.5 Å². The number of benzene rings is 3. The van der Waals surface area contributed by atoms with E-state index in [1.807, 2.05) is 54.6 Å². The summed E-state index contributed by atoms with van der Waals surface area (Å²) >= 11 is 0. The van der Waals surface area contributed by atoms with Crippen LogP contribution in [0.2, 0.25) is 0 Å². The van der Waals surface area contributed by atoms with Gasteiger partial charge in [0.25, 0.3) is 0 Å². The number of ether oxygens (including phenoxy) is 1. The lowest BCUT2D eigenvalue weighted by Gasteiger charge is -2.20. The van der Waals surface area contributed by atoms with E-state index in [1.165, 1.54) is 11.1 Å². The van der Waals surface area contributed by atoms with Crippen molar-refractivity contribution in [3.05, 3.63) is 95.6 Å². The molecule has 0 fully saturated rings. The van der Waals surface area contributed by atoms with Gasteiger partial charge in [-0.1, -0.05) is 78.9 Å². The third-order valence-corrected chi connectivity index (χ3v) is 5.65. The van der Waals surface area contributed by atoms with Crippen LogP contribution in [-0.2, 0) is 16.1 Å². The Hall–Kier alpha value is -3.64. The van der Waals surface area contributed by atoms with Crippen LogP contribution in [-0.4, -0.2) is 48.3 Å². The zero-order valence-electron chi connectivity index (χ0n) is 17.7. The second-order valence-corrected chi connectivity index (χ2v) is 7.84. The van der Waals surface area contributed by atoms with Crippen LogP contribution in [0.4, 0.5) is 4.79 Å². The average Bonchev–Trinajstić information content (AvgIpc) is 3.12. The largest absolute Gasteiger partial charge is 0.480 e. The van der Waals surface area contributed by atoms with Crippen LogP contribution in [0.5, 0.6) is 0 Å². The van der Waals surface area contributed by atoms with E-state index in [2.05, 4.69) is 29.6 Å². The van der Waals surface area contributed by atoms with Crippen LogP contribution in [0.25, 0.3) is 11.1 Å². The second-order valence-electron chi connectivity index (χ2n) is 7.84. The fraction of sp³-hybridized carbons (Fsp3) is 0.231. The predicted octanol–water partition coefficient (Wildman–Crippen LogP) is 4.11. The van der Waals surface area contributed by atoms with Gasteiger partial charge < -0.3 is 15.2 Å². The number of amides is 1. The van der Waals surface area contributed by atoms with E-state index in [1.54, 1.807) is 4.90 Å². The number of carbonyl (C=O) groups excluding carboxylic acids is 1. The Bertz CT molecular complexity index is 1040. The summed E-state index contributed by atoms with van der Waals surface area (Å²) < 4.78 is 5.54. The third kappa shape index (κ3) is 5.15. The quantitative estimate of drug-likeness (QED) is 0.534. The molecule has 0 aromatic heterocycles. The number of aliphatic carboxylic acids is 1. The Morgan fingerprint density at radius 2 is 1.47 bits per heavy atom. The van der Waals surface area contributed by atoms with Crippen molar-refractivity contribution in [2.75, 3.05) is 26.2 Å². The highest BCUT2D eigenvalue weighted by molar-refractivity contribution is 5.79. The minimum Gasteiger partial charge on any atom is -0.480 e. The Labute approximate surface area is 187 Å². The van der Waals surface area contributed by atoms with Crippen LogP contribution in [0.15, 0.2) is 78.9 Å². The number of carboxylic acid groups (broad SMARTS) is 1. The highest BCUT2D eigenvalue weighted by Crippen LogP contribution is 2.44. The summed E-state index contributed by atoms with van der Waals surface area (Å²) in [6.45, 7) is 1.37. The van der Waals surface area contributed by atoms with Crippen LogP contribution in [0, 0.1) is 0 Å². The van der Waals surface area contributed by atoms with Crippen molar-refractivity contribution in [3.63, 3.8) is 0 Å². The highest BCUT2D eigenvalue weighted by atomic mass is 16.5. The van der Waals surface area contributed by atoms with Crippen molar-refractivity contribution in [3.8, 4) is 11.1 Å². The van der Waals surface area contributed by atoms with E-state index in [0.29, 0.717) is 19.6 Å². The van der Waals surface area contributed by atoms with Crippen molar-refractivity contribution in [2.24, 2.45) is 0 Å². The molecule has 3 aromatic carbocycles. The van der Waals surface area contributed by atoms with Gasteiger partial charge in [-0.15, -0.1) is 0 Å². The first-order chi connectivity index (χ1) is 15.6. The maximum Gasteiger partial charge on any atom is 0.407 e. The summed E-state index contributed by atoms with van der Waals surface area (Å²) in [5.74, 6) is -0.892.